The molecule has 12 heavy (non-hydrogen) atoms. The molecule has 1 heterocycles. The molecule has 1 N–H and O–H groups in total. The van der Waals surface area contributed by atoms with E-state index in [1.165, 1.54) is 14.2 Å². The van der Waals surface area contributed by atoms with Crippen LogP contribution in [0.2, 0.25) is 0 Å². The van der Waals surface area contributed by atoms with Crippen molar-refractivity contribution in [3.8, 4) is 11.6 Å². The van der Waals surface area contributed by atoms with Crippen LogP contribution in [0.4, 0.5) is 0 Å². The van der Waals surface area contributed by atoms with Gasteiger partial charge in [0.05, 0.1) is 20.8 Å². The van der Waals surface area contributed by atoms with Crippen LogP contribution < -0.4 is 9.47 Å². The summed E-state index contributed by atoms with van der Waals surface area (Å²) in [4.78, 5) is 3.98. The molecule has 1 aromatic rings. The van der Waals surface area contributed by atoms with Crippen LogP contribution in [0.3, 0.4) is 0 Å². The largest absolute Gasteiger partial charge is 0.495 e. The molecule has 0 saturated heterocycles. The van der Waals surface area contributed by atoms with Crippen molar-refractivity contribution in [1.29, 1.82) is 0 Å². The minimum atomic E-state index is -0.152. The van der Waals surface area contributed by atoms with Crippen LogP contribution in [0, 0.1) is 0 Å². The molecule has 0 fully saturated rings. The van der Waals surface area contributed by atoms with E-state index in [1.54, 1.807) is 12.1 Å². The van der Waals surface area contributed by atoms with Gasteiger partial charge in [0.25, 0.3) is 0 Å². The number of ether oxygens (including phenoxy) is 2. The van der Waals surface area contributed by atoms with Gasteiger partial charge in [-0.2, -0.15) is 0 Å². The maximum Gasteiger partial charge on any atom is 0.213 e. The van der Waals surface area contributed by atoms with Crippen molar-refractivity contribution in [2.45, 2.75) is 6.61 Å². The molecule has 0 amide bonds. The molecule has 0 aliphatic rings. The molecule has 0 radical (unpaired) electrons. The Balaban J connectivity index is 3.02. The Hall–Kier alpha value is -1.29. The third kappa shape index (κ3) is 1.65. The first-order valence-electron chi connectivity index (χ1n) is 3.50. The van der Waals surface area contributed by atoms with Crippen LogP contribution in [-0.4, -0.2) is 24.3 Å². The van der Waals surface area contributed by atoms with E-state index < -0.39 is 0 Å². The molecule has 1 aromatic heterocycles. The second kappa shape index (κ2) is 3.92. The molecule has 0 aliphatic heterocycles. The summed E-state index contributed by atoms with van der Waals surface area (Å²) in [5.74, 6) is 1.04. The van der Waals surface area contributed by atoms with Crippen LogP contribution in [-0.2, 0) is 6.61 Å². The average Bonchev–Trinajstić information content (AvgIpc) is 2.16. The van der Waals surface area contributed by atoms with Gasteiger partial charge in [-0.1, -0.05) is 0 Å². The highest BCUT2D eigenvalue weighted by molar-refractivity contribution is 5.30. The van der Waals surface area contributed by atoms with Crippen molar-refractivity contribution in [1.82, 2.24) is 4.98 Å². The Kier molecular flexibility index (Phi) is 2.88. The molecular weight excluding hydrogens is 158 g/mol. The molecule has 0 aliphatic carbocycles. The number of hydrogen-bond donors (Lipinski definition) is 1. The summed E-state index contributed by atoms with van der Waals surface area (Å²) < 4.78 is 9.84. The van der Waals surface area contributed by atoms with E-state index >= 15 is 0 Å². The summed E-state index contributed by atoms with van der Waals surface area (Å²) in [5, 5.41) is 8.87. The lowest BCUT2D eigenvalue weighted by Gasteiger charge is -2.06. The summed E-state index contributed by atoms with van der Waals surface area (Å²) in [5.41, 5.74) is 0.483. The van der Waals surface area contributed by atoms with Crippen molar-refractivity contribution in [3.05, 3.63) is 17.8 Å². The zero-order valence-electron chi connectivity index (χ0n) is 7.07. The molecule has 1 rings (SSSR count). The zero-order valence-corrected chi connectivity index (χ0v) is 7.07. The molecule has 4 heteroatoms. The molecule has 0 saturated carbocycles. The van der Waals surface area contributed by atoms with Crippen molar-refractivity contribution in [2.24, 2.45) is 0 Å². The SMILES string of the molecule is COc1ccc(OC)c(CO)n1. The van der Waals surface area contributed by atoms with E-state index in [0.29, 0.717) is 17.3 Å². The van der Waals surface area contributed by atoms with Gasteiger partial charge in [0, 0.05) is 6.07 Å². The standard InChI is InChI=1S/C8H11NO3/c1-11-7-3-4-8(12-2)9-6(7)5-10/h3-4,10H,5H2,1-2H3. The summed E-state index contributed by atoms with van der Waals surface area (Å²) in [7, 11) is 3.05. The minimum Gasteiger partial charge on any atom is -0.495 e. The lowest BCUT2D eigenvalue weighted by molar-refractivity contribution is 0.265. The van der Waals surface area contributed by atoms with Gasteiger partial charge in [0.15, 0.2) is 0 Å². The number of methoxy groups -OCH3 is 2. The van der Waals surface area contributed by atoms with E-state index in [9.17, 15) is 0 Å². The van der Waals surface area contributed by atoms with Crippen LogP contribution in [0.25, 0.3) is 0 Å². The monoisotopic (exact) mass is 169 g/mol. The topological polar surface area (TPSA) is 51.6 Å². The molecule has 0 spiro atoms. The highest BCUT2D eigenvalue weighted by Gasteiger charge is 2.04. The van der Waals surface area contributed by atoms with E-state index in [0.717, 1.165) is 0 Å². The summed E-state index contributed by atoms with van der Waals surface area (Å²) in [6.07, 6.45) is 0. The summed E-state index contributed by atoms with van der Waals surface area (Å²) in [6.45, 7) is -0.152. The highest BCUT2D eigenvalue weighted by atomic mass is 16.5. The van der Waals surface area contributed by atoms with Gasteiger partial charge in [-0.05, 0) is 6.07 Å². The second-order valence-corrected chi connectivity index (χ2v) is 2.16. The Labute approximate surface area is 70.8 Å². The first kappa shape index (κ1) is 8.80. The second-order valence-electron chi connectivity index (χ2n) is 2.16. The van der Waals surface area contributed by atoms with Crippen molar-refractivity contribution < 1.29 is 14.6 Å². The van der Waals surface area contributed by atoms with E-state index in [-0.39, 0.29) is 6.61 Å². The number of nitrogens with zero attached hydrogens (tertiary/aromatic N) is 1. The van der Waals surface area contributed by atoms with Gasteiger partial charge in [0.2, 0.25) is 5.88 Å². The maximum atomic E-state index is 8.87. The van der Waals surface area contributed by atoms with Crippen molar-refractivity contribution in [2.75, 3.05) is 14.2 Å². The van der Waals surface area contributed by atoms with Gasteiger partial charge in [-0.15, -0.1) is 0 Å². The molecule has 4 nitrogen and oxygen atoms in total. The number of aromatic nitrogens is 1. The Morgan fingerprint density at radius 2 is 2.08 bits per heavy atom. The summed E-state index contributed by atoms with van der Waals surface area (Å²) in [6, 6.07) is 3.38. The normalized spacial score (nSPS) is 9.58. The first-order chi connectivity index (χ1) is 5.81. The first-order valence-corrected chi connectivity index (χ1v) is 3.50. The van der Waals surface area contributed by atoms with Crippen LogP contribution in [0.1, 0.15) is 5.69 Å². The molecular formula is C8H11NO3. The third-order valence-electron chi connectivity index (χ3n) is 1.49. The van der Waals surface area contributed by atoms with Crippen molar-refractivity contribution >= 4 is 0 Å². The quantitative estimate of drug-likeness (QED) is 0.719. The van der Waals surface area contributed by atoms with Gasteiger partial charge >= 0.3 is 0 Å². The summed E-state index contributed by atoms with van der Waals surface area (Å²) >= 11 is 0. The van der Waals surface area contributed by atoms with Gasteiger partial charge in [-0.3, -0.25) is 0 Å². The fourth-order valence-electron chi connectivity index (χ4n) is 0.881. The van der Waals surface area contributed by atoms with Gasteiger partial charge < -0.3 is 14.6 Å². The molecule has 0 unspecified atom stereocenters. The number of rotatable bonds is 3. The fourth-order valence-corrected chi connectivity index (χ4v) is 0.881. The Morgan fingerprint density at radius 1 is 1.33 bits per heavy atom. The number of aliphatic hydroxyl groups excluding tert-OH is 1. The fraction of sp³-hybridized carbons (Fsp3) is 0.375. The average molecular weight is 169 g/mol. The predicted molar refractivity (Wildman–Crippen MR) is 43.3 cm³/mol. The number of hydrogen-bond acceptors (Lipinski definition) is 4. The lowest BCUT2D eigenvalue weighted by atomic mass is 10.3. The maximum absolute atomic E-state index is 8.87. The van der Waals surface area contributed by atoms with Crippen molar-refractivity contribution in [3.63, 3.8) is 0 Å². The smallest absolute Gasteiger partial charge is 0.213 e. The minimum absolute atomic E-state index is 0.152. The van der Waals surface area contributed by atoms with Crippen LogP contribution in [0.5, 0.6) is 11.6 Å². The molecule has 0 aromatic carbocycles. The van der Waals surface area contributed by atoms with Crippen LogP contribution in [0.15, 0.2) is 12.1 Å². The van der Waals surface area contributed by atoms with E-state index in [2.05, 4.69) is 4.98 Å². The van der Waals surface area contributed by atoms with E-state index in [4.69, 9.17) is 14.6 Å². The van der Waals surface area contributed by atoms with Gasteiger partial charge in [0.1, 0.15) is 11.4 Å². The number of pyridine rings is 1. The third-order valence-corrected chi connectivity index (χ3v) is 1.49. The lowest BCUT2D eigenvalue weighted by Crippen LogP contribution is -1.97. The number of aliphatic hydroxyl groups is 1. The van der Waals surface area contributed by atoms with Gasteiger partial charge in [-0.25, -0.2) is 4.98 Å². The Bertz CT molecular complexity index is 262. The zero-order chi connectivity index (χ0) is 8.97. The Morgan fingerprint density at radius 3 is 2.58 bits per heavy atom. The molecule has 0 atom stereocenters. The molecule has 0 bridgehead atoms. The molecule has 66 valence electrons. The predicted octanol–water partition coefficient (Wildman–Crippen LogP) is 0.591. The van der Waals surface area contributed by atoms with Crippen LogP contribution >= 0.6 is 0 Å². The highest BCUT2D eigenvalue weighted by Crippen LogP contribution is 2.19. The van der Waals surface area contributed by atoms with E-state index in [1.807, 2.05) is 0 Å².